The summed E-state index contributed by atoms with van der Waals surface area (Å²) in [5, 5.41) is 14.9. The number of alkyl halides is 3. The van der Waals surface area contributed by atoms with E-state index in [2.05, 4.69) is 5.32 Å². The van der Waals surface area contributed by atoms with Gasteiger partial charge in [-0.15, -0.1) is 0 Å². The first-order chi connectivity index (χ1) is 13.2. The first kappa shape index (κ1) is 20.7. The Labute approximate surface area is 156 Å². The van der Waals surface area contributed by atoms with Crippen LogP contribution in [0, 0.1) is 10.1 Å². The van der Waals surface area contributed by atoms with Gasteiger partial charge in [-0.05, 0) is 11.6 Å². The highest BCUT2D eigenvalue weighted by molar-refractivity contribution is 5.95. The molecule has 0 aromatic heterocycles. The molecular weight excluding hydrogens is 383 g/mol. The van der Waals surface area contributed by atoms with Crippen molar-refractivity contribution in [1.82, 2.24) is 10.6 Å². The average molecular weight is 397 g/mol. The van der Waals surface area contributed by atoms with Crippen LogP contribution in [0.15, 0.2) is 48.5 Å². The number of hydrogen-bond donors (Lipinski definition) is 2. The Morgan fingerprint density at radius 3 is 2.39 bits per heavy atom. The molecule has 28 heavy (non-hydrogen) atoms. The molecular formula is C17H14F3N3O5. The minimum atomic E-state index is -4.93. The Bertz CT molecular complexity index is 872. The van der Waals surface area contributed by atoms with Gasteiger partial charge in [-0.25, -0.2) is 4.79 Å². The first-order valence-electron chi connectivity index (χ1n) is 7.77. The van der Waals surface area contributed by atoms with Crippen molar-refractivity contribution in [3.8, 4) is 5.75 Å². The van der Waals surface area contributed by atoms with Crippen LogP contribution >= 0.6 is 0 Å². The first-order valence-corrected chi connectivity index (χ1v) is 7.77. The number of benzene rings is 2. The van der Waals surface area contributed by atoms with Gasteiger partial charge in [0, 0.05) is 18.7 Å². The van der Waals surface area contributed by atoms with Crippen LogP contribution in [0.4, 0.5) is 23.7 Å². The highest BCUT2D eigenvalue weighted by atomic mass is 19.4. The van der Waals surface area contributed by atoms with Crippen LogP contribution in [0.3, 0.4) is 0 Å². The number of nitrogens with zero attached hydrogens (tertiary/aromatic N) is 1. The number of nitrogens with one attached hydrogen (secondary N) is 2. The summed E-state index contributed by atoms with van der Waals surface area (Å²) in [6.45, 7) is -0.749. The topological polar surface area (TPSA) is 111 Å². The lowest BCUT2D eigenvalue weighted by Gasteiger charge is -2.13. The molecule has 8 nitrogen and oxygen atoms in total. The van der Waals surface area contributed by atoms with Crippen LogP contribution in [0.1, 0.15) is 11.1 Å². The minimum absolute atomic E-state index is 0.140. The largest absolute Gasteiger partial charge is 0.483 e. The number of non-ortho nitro benzene ring substituents is 1. The molecule has 2 rings (SSSR count). The number of nitro benzene ring substituents is 1. The fraction of sp³-hybridized carbons (Fsp3) is 0.176. The molecule has 0 atom stereocenters. The summed E-state index contributed by atoms with van der Waals surface area (Å²) in [6, 6.07) is 9.82. The molecule has 0 heterocycles. The van der Waals surface area contributed by atoms with Gasteiger partial charge in [-0.3, -0.25) is 20.2 Å². The Balaban J connectivity index is 1.93. The van der Waals surface area contributed by atoms with E-state index in [-0.39, 0.29) is 6.54 Å². The Morgan fingerprint density at radius 1 is 1.11 bits per heavy atom. The number of amides is 3. The zero-order valence-corrected chi connectivity index (χ0v) is 14.2. The van der Waals surface area contributed by atoms with Crippen molar-refractivity contribution in [2.24, 2.45) is 0 Å². The van der Waals surface area contributed by atoms with Crippen molar-refractivity contribution in [2.45, 2.75) is 12.7 Å². The second-order valence-electron chi connectivity index (χ2n) is 5.44. The van der Waals surface area contributed by atoms with Crippen LogP contribution in [-0.4, -0.2) is 23.5 Å². The predicted octanol–water partition coefficient (Wildman–Crippen LogP) is 3.02. The van der Waals surface area contributed by atoms with E-state index in [4.69, 9.17) is 4.74 Å². The summed E-state index contributed by atoms with van der Waals surface area (Å²) in [6.07, 6.45) is -4.93. The average Bonchev–Trinajstić information content (AvgIpc) is 2.64. The van der Waals surface area contributed by atoms with Crippen LogP contribution in [0.2, 0.25) is 0 Å². The Kier molecular flexibility index (Phi) is 6.53. The SMILES string of the molecule is O=C(COc1ccc([N+](=O)[O-])cc1C(F)(F)F)NC(=O)NCc1ccccc1. The molecule has 2 aromatic rings. The predicted molar refractivity (Wildman–Crippen MR) is 90.4 cm³/mol. The molecule has 0 saturated carbocycles. The van der Waals surface area contributed by atoms with Gasteiger partial charge >= 0.3 is 12.2 Å². The van der Waals surface area contributed by atoms with Gasteiger partial charge in [-0.2, -0.15) is 13.2 Å². The zero-order valence-electron chi connectivity index (χ0n) is 14.2. The summed E-state index contributed by atoms with van der Waals surface area (Å²) in [7, 11) is 0. The Hall–Kier alpha value is -3.63. The van der Waals surface area contributed by atoms with Crippen molar-refractivity contribution in [1.29, 1.82) is 0 Å². The van der Waals surface area contributed by atoms with E-state index in [9.17, 15) is 32.9 Å². The number of nitro groups is 1. The number of hydrogen-bond acceptors (Lipinski definition) is 5. The van der Waals surface area contributed by atoms with Gasteiger partial charge in [0.2, 0.25) is 0 Å². The minimum Gasteiger partial charge on any atom is -0.483 e. The second-order valence-corrected chi connectivity index (χ2v) is 5.44. The summed E-state index contributed by atoms with van der Waals surface area (Å²) in [5.74, 6) is -1.75. The molecule has 0 saturated heterocycles. The van der Waals surface area contributed by atoms with Crippen LogP contribution in [-0.2, 0) is 17.5 Å². The van der Waals surface area contributed by atoms with Gasteiger partial charge in [0.05, 0.1) is 4.92 Å². The second kappa shape index (κ2) is 8.84. The molecule has 0 bridgehead atoms. The van der Waals surface area contributed by atoms with Crippen LogP contribution < -0.4 is 15.4 Å². The highest BCUT2D eigenvalue weighted by Gasteiger charge is 2.36. The molecule has 0 aliphatic carbocycles. The summed E-state index contributed by atoms with van der Waals surface area (Å²) < 4.78 is 43.9. The zero-order chi connectivity index (χ0) is 20.7. The van der Waals surface area contributed by atoms with Gasteiger partial charge in [0.1, 0.15) is 11.3 Å². The molecule has 11 heteroatoms. The van der Waals surface area contributed by atoms with E-state index >= 15 is 0 Å². The molecule has 0 aliphatic heterocycles. The fourth-order valence-corrected chi connectivity index (χ4v) is 2.11. The lowest BCUT2D eigenvalue weighted by molar-refractivity contribution is -0.385. The third-order valence-corrected chi connectivity index (χ3v) is 3.39. The number of carbonyl (C=O) groups is 2. The highest BCUT2D eigenvalue weighted by Crippen LogP contribution is 2.38. The summed E-state index contributed by atoms with van der Waals surface area (Å²) in [4.78, 5) is 33.0. The number of carbonyl (C=O) groups excluding carboxylic acids is 2. The van der Waals surface area contributed by atoms with E-state index in [1.165, 1.54) is 0 Å². The van der Waals surface area contributed by atoms with Crippen molar-refractivity contribution >= 4 is 17.6 Å². The van der Waals surface area contributed by atoms with Crippen molar-refractivity contribution < 1.29 is 32.4 Å². The van der Waals surface area contributed by atoms with Gasteiger partial charge in [0.25, 0.3) is 11.6 Å². The molecule has 0 spiro atoms. The maximum absolute atomic E-state index is 13.0. The van der Waals surface area contributed by atoms with E-state index in [0.29, 0.717) is 6.07 Å². The standard InChI is InChI=1S/C17H14F3N3O5/c18-17(19,20)13-8-12(23(26)27)6-7-14(13)28-10-15(24)22-16(25)21-9-11-4-2-1-3-5-11/h1-8H,9-10H2,(H2,21,22,24,25). The summed E-state index contributed by atoms with van der Waals surface area (Å²) >= 11 is 0. The monoisotopic (exact) mass is 397 g/mol. The van der Waals surface area contributed by atoms with Gasteiger partial charge < -0.3 is 10.1 Å². The smallest absolute Gasteiger partial charge is 0.420 e. The maximum Gasteiger partial charge on any atom is 0.420 e. The Morgan fingerprint density at radius 2 is 1.79 bits per heavy atom. The quantitative estimate of drug-likeness (QED) is 0.575. The molecule has 0 fully saturated rings. The lowest BCUT2D eigenvalue weighted by Crippen LogP contribution is -2.41. The third-order valence-electron chi connectivity index (χ3n) is 3.39. The number of urea groups is 1. The normalized spacial score (nSPS) is 10.8. The fourth-order valence-electron chi connectivity index (χ4n) is 2.11. The molecule has 148 valence electrons. The van der Waals surface area contributed by atoms with E-state index in [1.54, 1.807) is 30.3 Å². The van der Waals surface area contributed by atoms with Crippen LogP contribution in [0.25, 0.3) is 0 Å². The maximum atomic E-state index is 13.0. The van der Waals surface area contributed by atoms with Gasteiger partial charge in [-0.1, -0.05) is 30.3 Å². The van der Waals surface area contributed by atoms with E-state index in [0.717, 1.165) is 17.7 Å². The number of rotatable bonds is 6. The molecule has 0 aliphatic rings. The molecule has 0 unspecified atom stereocenters. The molecule has 0 radical (unpaired) electrons. The number of imide groups is 1. The number of ether oxygens (including phenoxy) is 1. The van der Waals surface area contributed by atoms with Crippen molar-refractivity contribution in [3.63, 3.8) is 0 Å². The van der Waals surface area contributed by atoms with Gasteiger partial charge in [0.15, 0.2) is 6.61 Å². The molecule has 3 amide bonds. The summed E-state index contributed by atoms with van der Waals surface area (Å²) in [5.41, 5.74) is -1.39. The van der Waals surface area contributed by atoms with Crippen LogP contribution in [0.5, 0.6) is 5.75 Å². The lowest BCUT2D eigenvalue weighted by atomic mass is 10.1. The van der Waals surface area contributed by atoms with Crippen molar-refractivity contribution in [3.05, 3.63) is 69.8 Å². The van der Waals surface area contributed by atoms with E-state index < -0.39 is 46.6 Å². The van der Waals surface area contributed by atoms with E-state index in [1.807, 2.05) is 5.32 Å². The van der Waals surface area contributed by atoms with Crippen molar-refractivity contribution in [2.75, 3.05) is 6.61 Å². The molecule has 2 aromatic carbocycles. The molecule has 2 N–H and O–H groups in total. The number of halogens is 3. The third kappa shape index (κ3) is 5.97.